The zero-order chi connectivity index (χ0) is 80.0. The standard InChI is InChI=1S/3C16H13F4N3O.2C16H12F2N2/c1-15(2,16(18,19)20)24-14-13(17)8-11(9-21-14)10-4-6-23-12(7-10)3-5-22-23;2*1-9-7-22-23-4-3-11(6-14(9)23)12-5-13(17)15(21-8-12)24-10(2)16(18,19)20;2*17-16(18)10-15(16)12-3-1-11(2-4-12)13-6-8-20-14(9-13)5-7-19-20/h3-9H,1-2H3;2*3-8,10H,1-2H3;2*1-9,15H,10H2/t;2*10-;2*15-/m.1010/s1. The van der Waals surface area contributed by atoms with Gasteiger partial charge in [-0.1, -0.05) is 48.5 Å². The molecule has 0 unspecified atom stereocenters. The van der Waals surface area contributed by atoms with Crippen LogP contribution in [0.1, 0.15) is 74.6 Å². The molecule has 0 saturated heterocycles. The van der Waals surface area contributed by atoms with E-state index in [4.69, 9.17) is 4.74 Å². The molecule has 15 aromatic rings. The smallest absolute Gasteiger partial charge is 0.427 e. The van der Waals surface area contributed by atoms with Crippen molar-refractivity contribution < 1.29 is 84.5 Å². The summed E-state index contributed by atoms with van der Waals surface area (Å²) < 4.78 is 230. The third kappa shape index (κ3) is 17.6. The van der Waals surface area contributed by atoms with E-state index in [9.17, 15) is 70.2 Å². The second-order valence-corrected chi connectivity index (χ2v) is 27.0. The normalized spacial score (nSPS) is 15.6. The number of hydrogen-bond donors (Lipinski definition) is 0. The summed E-state index contributed by atoms with van der Waals surface area (Å²) in [6.45, 7) is 7.00. The van der Waals surface area contributed by atoms with Crippen LogP contribution in [0.3, 0.4) is 0 Å². The van der Waals surface area contributed by atoms with Crippen LogP contribution in [0.25, 0.3) is 83.2 Å². The Morgan fingerprint density at radius 1 is 0.375 bits per heavy atom. The highest BCUT2D eigenvalue weighted by Gasteiger charge is 2.58. The summed E-state index contributed by atoms with van der Waals surface area (Å²) in [5, 5.41) is 20.6. The topological polar surface area (TPSA) is 153 Å². The molecule has 0 spiro atoms. The van der Waals surface area contributed by atoms with Crippen LogP contribution in [0.2, 0.25) is 0 Å². The van der Waals surface area contributed by atoms with Gasteiger partial charge in [-0.25, -0.2) is 68.3 Å². The van der Waals surface area contributed by atoms with Gasteiger partial charge >= 0.3 is 18.5 Å². The molecule has 32 heteroatoms. The highest BCUT2D eigenvalue weighted by atomic mass is 19.4. The number of halogens is 16. The molecule has 0 amide bonds. The lowest BCUT2D eigenvalue weighted by atomic mass is 10.0. The van der Waals surface area contributed by atoms with E-state index in [0.717, 1.165) is 118 Å². The average Bonchev–Trinajstić information content (AvgIpc) is 1.61. The van der Waals surface area contributed by atoms with Crippen molar-refractivity contribution in [3.05, 3.63) is 266 Å². The van der Waals surface area contributed by atoms with Crippen LogP contribution >= 0.6 is 0 Å². The lowest BCUT2D eigenvalue weighted by Gasteiger charge is -2.28. The summed E-state index contributed by atoms with van der Waals surface area (Å²) in [5.74, 6) is -11.1. The Kier molecular flexibility index (Phi) is 21.2. The maximum atomic E-state index is 14.1. The first-order chi connectivity index (χ1) is 52.9. The summed E-state index contributed by atoms with van der Waals surface area (Å²) >= 11 is 0. The minimum Gasteiger partial charge on any atom is -0.463 e. The molecule has 0 N–H and O–H groups in total. The third-order valence-electron chi connectivity index (χ3n) is 18.5. The van der Waals surface area contributed by atoms with Gasteiger partial charge in [0.2, 0.25) is 0 Å². The largest absolute Gasteiger partial charge is 0.463 e. The molecule has 4 atom stereocenters. The number of hydrogen-bond acceptors (Lipinski definition) is 11. The van der Waals surface area contributed by atoms with Crippen LogP contribution in [0.15, 0.2) is 226 Å². The number of ether oxygens (including phenoxy) is 3. The van der Waals surface area contributed by atoms with Gasteiger partial charge in [-0.15, -0.1) is 0 Å². The molecule has 0 aliphatic heterocycles. The Morgan fingerprint density at radius 3 is 0.982 bits per heavy atom. The number of rotatable bonds is 13. The fourth-order valence-corrected chi connectivity index (χ4v) is 11.6. The Morgan fingerprint density at radius 2 is 0.679 bits per heavy atom. The molecule has 112 heavy (non-hydrogen) atoms. The number of benzene rings is 2. The first-order valence-corrected chi connectivity index (χ1v) is 34.3. The summed E-state index contributed by atoms with van der Waals surface area (Å²) in [6.07, 6.45) is 3.11. The monoisotopic (exact) mass is 1560 g/mol. The van der Waals surface area contributed by atoms with Gasteiger partial charge in [0.25, 0.3) is 29.5 Å². The van der Waals surface area contributed by atoms with E-state index >= 15 is 0 Å². The highest BCUT2D eigenvalue weighted by molar-refractivity contribution is 5.74. The predicted molar refractivity (Wildman–Crippen MR) is 384 cm³/mol. The molecular weight excluding hydrogens is 1490 g/mol. The van der Waals surface area contributed by atoms with Crippen molar-refractivity contribution in [2.24, 2.45) is 0 Å². The van der Waals surface area contributed by atoms with E-state index in [1.165, 1.54) is 18.6 Å². The SMILES string of the molecule is CC(C)(Oc1ncc(-c2ccn3nccc3c2)cc1F)C(F)(F)F.Cc1cnn2ccc(-c3cnc(O[C@@H](C)C(F)(F)F)c(F)c3)cc12.Cc1cnn2ccc(-c3cnc(O[C@H](C)C(F)(F)F)c(F)c3)cc12.FC1(F)C[C@@H]1c1ccc(-c2ccn3nccc3c2)cc1.FC1(F)C[C@H]1c1ccc(-c2ccn3nccc3c2)cc1. The molecule has 0 radical (unpaired) electrons. The van der Waals surface area contributed by atoms with Gasteiger partial charge in [-0.05, 0) is 200 Å². The molecule has 2 fully saturated rings. The Bertz CT molecular complexity index is 5590. The van der Waals surface area contributed by atoms with Crippen LogP contribution in [0.4, 0.5) is 70.2 Å². The number of nitrogens with zero attached hydrogens (tertiary/aromatic N) is 13. The maximum Gasteiger partial charge on any atom is 0.427 e. The van der Waals surface area contributed by atoms with Gasteiger partial charge in [-0.2, -0.15) is 65.0 Å². The molecule has 13 heterocycles. The zero-order valence-electron chi connectivity index (χ0n) is 59.7. The number of aryl methyl sites for hydroxylation is 2. The average molecular weight is 1560 g/mol. The van der Waals surface area contributed by atoms with Crippen molar-refractivity contribution >= 4 is 27.6 Å². The fraction of sp³-hybridized carbons (Fsp3) is 0.225. The third-order valence-corrected chi connectivity index (χ3v) is 18.5. The minimum absolute atomic E-state index is 0.0197. The van der Waals surface area contributed by atoms with E-state index in [1.807, 2.05) is 111 Å². The van der Waals surface area contributed by atoms with Crippen molar-refractivity contribution in [1.82, 2.24) is 63.0 Å². The minimum atomic E-state index is -4.65. The van der Waals surface area contributed by atoms with Crippen molar-refractivity contribution in [2.75, 3.05) is 0 Å². The summed E-state index contributed by atoms with van der Waals surface area (Å²) in [7, 11) is 0. The predicted octanol–water partition coefficient (Wildman–Crippen LogP) is 20.8. The van der Waals surface area contributed by atoms with Gasteiger partial charge in [0.05, 0.1) is 51.8 Å². The highest BCUT2D eigenvalue weighted by Crippen LogP contribution is 2.57. The van der Waals surface area contributed by atoms with Gasteiger partial charge in [0.15, 0.2) is 35.3 Å². The Balaban J connectivity index is 0.000000123. The molecule has 2 aromatic carbocycles. The molecule has 17 rings (SSSR count). The number of aromatic nitrogens is 13. The molecule has 16 nitrogen and oxygen atoms in total. The lowest BCUT2D eigenvalue weighted by Crippen LogP contribution is -2.45. The molecule has 2 aliphatic carbocycles. The van der Waals surface area contributed by atoms with E-state index in [2.05, 4.69) is 49.9 Å². The summed E-state index contributed by atoms with van der Waals surface area (Å²) in [6, 6.07) is 42.3. The van der Waals surface area contributed by atoms with E-state index in [0.29, 0.717) is 33.4 Å². The summed E-state index contributed by atoms with van der Waals surface area (Å²) in [4.78, 5) is 11.1. The fourth-order valence-electron chi connectivity index (χ4n) is 11.6. The first kappa shape index (κ1) is 77.8. The second-order valence-electron chi connectivity index (χ2n) is 27.0. The Labute approximate surface area is 626 Å². The van der Waals surface area contributed by atoms with Gasteiger partial charge < -0.3 is 14.2 Å². The van der Waals surface area contributed by atoms with Crippen molar-refractivity contribution in [3.8, 4) is 73.3 Å². The molecule has 13 aromatic heterocycles. The van der Waals surface area contributed by atoms with Crippen molar-refractivity contribution in [3.63, 3.8) is 0 Å². The molecule has 2 saturated carbocycles. The maximum absolute atomic E-state index is 14.1. The molecule has 578 valence electrons. The second kappa shape index (κ2) is 30.5. The lowest BCUT2D eigenvalue weighted by molar-refractivity contribution is -0.235. The zero-order valence-corrected chi connectivity index (χ0v) is 59.7. The number of pyridine rings is 8. The van der Waals surface area contributed by atoms with Crippen LogP contribution in [-0.4, -0.2) is 111 Å². The van der Waals surface area contributed by atoms with Gasteiger partial charge in [0, 0.05) is 97.7 Å². The van der Waals surface area contributed by atoms with E-state index < -0.39 is 95.1 Å². The molecule has 0 bridgehead atoms. The van der Waals surface area contributed by atoms with Crippen LogP contribution in [0.5, 0.6) is 17.6 Å². The first-order valence-electron chi connectivity index (χ1n) is 34.3. The van der Waals surface area contributed by atoms with Crippen LogP contribution in [-0.2, 0) is 0 Å². The molecular formula is C80H63F16N13O3. The van der Waals surface area contributed by atoms with Crippen LogP contribution in [0, 0.1) is 31.3 Å². The van der Waals surface area contributed by atoms with Gasteiger partial charge in [-0.3, -0.25) is 0 Å². The van der Waals surface area contributed by atoms with E-state index in [-0.39, 0.29) is 12.8 Å². The van der Waals surface area contributed by atoms with Gasteiger partial charge in [0.1, 0.15) is 0 Å². The molecule has 2 aliphatic rings. The quantitative estimate of drug-likeness (QED) is 0.101. The summed E-state index contributed by atoms with van der Waals surface area (Å²) in [5.41, 5.74) is 12.8. The van der Waals surface area contributed by atoms with Crippen LogP contribution < -0.4 is 14.2 Å². The van der Waals surface area contributed by atoms with E-state index in [1.54, 1.807) is 115 Å². The Hall–Kier alpha value is -12.4. The van der Waals surface area contributed by atoms with Crippen molar-refractivity contribution in [1.29, 1.82) is 0 Å². The number of fused-ring (bicyclic) bond motifs is 5. The number of alkyl halides is 13. The van der Waals surface area contributed by atoms with Crippen molar-refractivity contribution in [2.45, 2.75) is 114 Å².